The summed E-state index contributed by atoms with van der Waals surface area (Å²) in [5, 5.41) is 6.01. The molecule has 3 N–H and O–H groups in total. The van der Waals surface area contributed by atoms with Crippen LogP contribution >= 0.6 is 0 Å². The zero-order valence-electron chi connectivity index (χ0n) is 21.3. The molecule has 1 aromatic carbocycles. The summed E-state index contributed by atoms with van der Waals surface area (Å²) in [4.78, 5) is 31.0. The number of oxazole rings is 1. The van der Waals surface area contributed by atoms with Crippen LogP contribution in [0.25, 0.3) is 11.1 Å². The van der Waals surface area contributed by atoms with Crippen molar-refractivity contribution in [1.82, 2.24) is 24.8 Å². The van der Waals surface area contributed by atoms with E-state index in [0.29, 0.717) is 53.1 Å². The fourth-order valence-corrected chi connectivity index (χ4v) is 5.43. The van der Waals surface area contributed by atoms with Gasteiger partial charge in [0.1, 0.15) is 17.2 Å². The van der Waals surface area contributed by atoms with Gasteiger partial charge in [-0.05, 0) is 49.6 Å². The zero-order chi connectivity index (χ0) is 27.3. The fourth-order valence-electron chi connectivity index (χ4n) is 5.43. The number of hydrogen-bond acceptors (Lipinski definition) is 9. The van der Waals surface area contributed by atoms with E-state index in [1.54, 1.807) is 36.2 Å². The second kappa shape index (κ2) is 9.56. The molecule has 0 bridgehead atoms. The molecule has 10 nitrogen and oxygen atoms in total. The first kappa shape index (κ1) is 25.2. The SMILES string of the molecule is CCN1CC2CN(c3ncc(Nc4ncc(C)c(Nc5ccc6oc(=O)[nH]c6c5)n4)cc3C(F)(F)F)CC2C1. The lowest BCUT2D eigenvalue weighted by atomic mass is 10.0. The Morgan fingerprint density at radius 2 is 1.82 bits per heavy atom. The smallest absolute Gasteiger partial charge is 0.408 e. The van der Waals surface area contributed by atoms with E-state index >= 15 is 0 Å². The van der Waals surface area contributed by atoms with Crippen LogP contribution in [0.2, 0.25) is 0 Å². The van der Waals surface area contributed by atoms with Crippen LogP contribution in [-0.2, 0) is 6.18 Å². The van der Waals surface area contributed by atoms with Crippen molar-refractivity contribution in [2.45, 2.75) is 20.0 Å². The van der Waals surface area contributed by atoms with Gasteiger partial charge in [-0.2, -0.15) is 18.2 Å². The Labute approximate surface area is 221 Å². The number of anilines is 5. The molecular weight excluding hydrogens is 513 g/mol. The summed E-state index contributed by atoms with van der Waals surface area (Å²) in [6.07, 6.45) is -1.62. The number of halogens is 3. The molecule has 2 fully saturated rings. The molecule has 0 spiro atoms. The molecule has 4 aromatic rings. The number of aromatic amines is 1. The third-order valence-corrected chi connectivity index (χ3v) is 7.39. The van der Waals surface area contributed by atoms with E-state index in [1.807, 2.05) is 0 Å². The summed E-state index contributed by atoms with van der Waals surface area (Å²) in [7, 11) is 0. The summed E-state index contributed by atoms with van der Waals surface area (Å²) < 4.78 is 47.4. The number of aryl methyl sites for hydroxylation is 1. The molecule has 3 aromatic heterocycles. The zero-order valence-corrected chi connectivity index (χ0v) is 21.3. The van der Waals surface area contributed by atoms with Gasteiger partial charge in [0.25, 0.3) is 0 Å². The summed E-state index contributed by atoms with van der Waals surface area (Å²) in [6.45, 7) is 7.82. The van der Waals surface area contributed by atoms with E-state index in [4.69, 9.17) is 4.42 Å². The van der Waals surface area contributed by atoms with Crippen molar-refractivity contribution in [3.63, 3.8) is 0 Å². The van der Waals surface area contributed by atoms with Crippen molar-refractivity contribution < 1.29 is 17.6 Å². The predicted molar refractivity (Wildman–Crippen MR) is 141 cm³/mol. The molecule has 5 heterocycles. The monoisotopic (exact) mass is 540 g/mol. The topological polar surface area (TPSA) is 115 Å². The molecule has 0 radical (unpaired) electrons. The minimum atomic E-state index is -4.57. The van der Waals surface area contributed by atoms with Crippen LogP contribution in [0.5, 0.6) is 0 Å². The molecule has 6 rings (SSSR count). The van der Waals surface area contributed by atoms with Crippen molar-refractivity contribution in [1.29, 1.82) is 0 Å². The van der Waals surface area contributed by atoms with Gasteiger partial charge in [0, 0.05) is 43.6 Å². The van der Waals surface area contributed by atoms with Crippen LogP contribution < -0.4 is 21.3 Å². The Kier molecular flexibility index (Phi) is 6.17. The third-order valence-electron chi connectivity index (χ3n) is 7.39. The lowest BCUT2D eigenvalue weighted by Crippen LogP contribution is -2.30. The van der Waals surface area contributed by atoms with Gasteiger partial charge in [0.15, 0.2) is 5.58 Å². The van der Waals surface area contributed by atoms with E-state index in [1.165, 1.54) is 6.20 Å². The number of hydrogen-bond donors (Lipinski definition) is 3. The average molecular weight is 541 g/mol. The molecule has 2 aliphatic rings. The summed E-state index contributed by atoms with van der Waals surface area (Å²) in [5.74, 6) is 0.673. The van der Waals surface area contributed by atoms with Gasteiger partial charge in [-0.1, -0.05) is 6.92 Å². The highest BCUT2D eigenvalue weighted by molar-refractivity contribution is 5.78. The third kappa shape index (κ3) is 5.01. The largest absolute Gasteiger partial charge is 0.420 e. The highest BCUT2D eigenvalue weighted by Crippen LogP contribution is 2.41. The van der Waals surface area contributed by atoms with E-state index in [0.717, 1.165) is 25.7 Å². The summed E-state index contributed by atoms with van der Waals surface area (Å²) in [5.41, 5.74) is 1.64. The molecule has 2 aliphatic heterocycles. The van der Waals surface area contributed by atoms with Gasteiger partial charge >= 0.3 is 11.9 Å². The summed E-state index contributed by atoms with van der Waals surface area (Å²) >= 11 is 0. The number of likely N-dealkylation sites (tertiary alicyclic amines) is 1. The lowest BCUT2D eigenvalue weighted by Gasteiger charge is -2.24. The first-order valence-corrected chi connectivity index (χ1v) is 12.7. The average Bonchev–Trinajstić information content (AvgIpc) is 3.57. The van der Waals surface area contributed by atoms with Crippen LogP contribution in [0.3, 0.4) is 0 Å². The number of alkyl halides is 3. The van der Waals surface area contributed by atoms with Gasteiger partial charge in [-0.15, -0.1) is 0 Å². The Morgan fingerprint density at radius 3 is 2.54 bits per heavy atom. The predicted octanol–water partition coefficient (Wildman–Crippen LogP) is 4.51. The van der Waals surface area contributed by atoms with Crippen molar-refractivity contribution in [3.05, 3.63) is 58.3 Å². The first-order valence-electron chi connectivity index (χ1n) is 12.7. The fraction of sp³-hybridized carbons (Fsp3) is 0.385. The molecule has 0 amide bonds. The second-order valence-electron chi connectivity index (χ2n) is 10.1. The van der Waals surface area contributed by atoms with Crippen molar-refractivity contribution >= 4 is 40.1 Å². The number of benzene rings is 1. The number of fused-ring (bicyclic) bond motifs is 2. The molecular formula is C26H27F3N8O2. The Morgan fingerprint density at radius 1 is 1.05 bits per heavy atom. The second-order valence-corrected chi connectivity index (χ2v) is 10.1. The first-order chi connectivity index (χ1) is 18.7. The minimum Gasteiger partial charge on any atom is -0.408 e. The highest BCUT2D eigenvalue weighted by atomic mass is 19.4. The maximum absolute atomic E-state index is 14.1. The van der Waals surface area contributed by atoms with Gasteiger partial charge in [0.2, 0.25) is 5.95 Å². The van der Waals surface area contributed by atoms with Gasteiger partial charge in [0.05, 0.1) is 17.4 Å². The number of rotatable bonds is 6. The molecule has 204 valence electrons. The van der Waals surface area contributed by atoms with E-state index < -0.39 is 17.5 Å². The van der Waals surface area contributed by atoms with Gasteiger partial charge in [-0.3, -0.25) is 4.98 Å². The summed E-state index contributed by atoms with van der Waals surface area (Å²) in [6, 6.07) is 6.12. The number of pyridine rings is 1. The van der Waals surface area contributed by atoms with E-state index in [9.17, 15) is 18.0 Å². The Bertz CT molecular complexity index is 1570. The van der Waals surface area contributed by atoms with Gasteiger partial charge in [-0.25, -0.2) is 14.8 Å². The maximum atomic E-state index is 14.1. The van der Waals surface area contributed by atoms with Crippen LogP contribution in [0, 0.1) is 18.8 Å². The van der Waals surface area contributed by atoms with Crippen molar-refractivity contribution in [3.8, 4) is 0 Å². The molecule has 39 heavy (non-hydrogen) atoms. The normalized spacial score (nSPS) is 19.6. The van der Waals surface area contributed by atoms with Crippen LogP contribution in [0.15, 0.2) is 45.9 Å². The molecule has 13 heteroatoms. The van der Waals surface area contributed by atoms with Crippen LogP contribution in [0.4, 0.5) is 42.1 Å². The number of aromatic nitrogens is 4. The minimum absolute atomic E-state index is 0.0367. The Balaban J connectivity index is 1.23. The van der Waals surface area contributed by atoms with E-state index in [-0.39, 0.29) is 17.5 Å². The molecule has 2 atom stereocenters. The molecule has 2 unspecified atom stereocenters. The quantitative estimate of drug-likeness (QED) is 0.325. The van der Waals surface area contributed by atoms with Crippen LogP contribution in [0.1, 0.15) is 18.1 Å². The van der Waals surface area contributed by atoms with Crippen molar-refractivity contribution in [2.75, 3.05) is 48.3 Å². The molecule has 0 saturated carbocycles. The van der Waals surface area contributed by atoms with E-state index in [2.05, 4.69) is 42.4 Å². The molecule has 0 aliphatic carbocycles. The Hall–Kier alpha value is -4.13. The molecule has 2 saturated heterocycles. The lowest BCUT2D eigenvalue weighted by molar-refractivity contribution is -0.137. The number of nitrogens with zero attached hydrogens (tertiary/aromatic N) is 5. The van der Waals surface area contributed by atoms with Gasteiger partial charge < -0.3 is 24.9 Å². The maximum Gasteiger partial charge on any atom is 0.420 e. The standard InChI is InChI=1S/C26H27F3N8O2/c1-3-36-10-15-12-37(13-16(15)11-36)23-19(26(27,28)29)6-18(9-30-23)33-24-31-8-14(2)22(35-24)32-17-4-5-21-20(7-17)34-25(38)39-21/h4-9,15-16H,3,10-13H2,1-2H3,(H,34,38)(H2,31,32,33,35). The van der Waals surface area contributed by atoms with Crippen molar-refractivity contribution in [2.24, 2.45) is 11.8 Å². The highest BCUT2D eigenvalue weighted by Gasteiger charge is 2.43. The number of H-pyrrole nitrogens is 1. The number of nitrogens with one attached hydrogen (secondary N) is 3. The van der Waals surface area contributed by atoms with Crippen LogP contribution in [-0.4, -0.2) is 57.6 Å².